The molecule has 1 aliphatic heterocycles. The van der Waals surface area contributed by atoms with Crippen LogP contribution in [0.1, 0.15) is 15.9 Å². The normalized spacial score (nSPS) is 12.4. The SMILES string of the molecule is O=C(NN=Cc1ccccc1I)c1cc(-c2ccc3c(c2)OCO3)nc2ccccc12. The number of carbonyl (C=O) groups excluding carboxylic acids is 1. The van der Waals surface area contributed by atoms with Crippen LogP contribution in [0, 0.1) is 3.57 Å². The molecule has 6 nitrogen and oxygen atoms in total. The summed E-state index contributed by atoms with van der Waals surface area (Å²) >= 11 is 2.23. The van der Waals surface area contributed by atoms with Gasteiger partial charge in [-0.1, -0.05) is 36.4 Å². The van der Waals surface area contributed by atoms with Crippen LogP contribution in [-0.2, 0) is 0 Å². The molecule has 0 radical (unpaired) electrons. The van der Waals surface area contributed by atoms with E-state index in [1.807, 2.05) is 66.7 Å². The van der Waals surface area contributed by atoms with Gasteiger partial charge in [0.2, 0.25) is 6.79 Å². The average Bonchev–Trinajstić information content (AvgIpc) is 3.27. The second kappa shape index (κ2) is 8.35. The van der Waals surface area contributed by atoms with Gasteiger partial charge < -0.3 is 9.47 Å². The number of benzene rings is 3. The largest absolute Gasteiger partial charge is 0.454 e. The van der Waals surface area contributed by atoms with Crippen LogP contribution in [0.2, 0.25) is 0 Å². The number of aromatic nitrogens is 1. The molecule has 0 fully saturated rings. The van der Waals surface area contributed by atoms with Gasteiger partial charge in [-0.05, 0) is 59.0 Å². The highest BCUT2D eigenvalue weighted by Crippen LogP contribution is 2.36. The van der Waals surface area contributed by atoms with Gasteiger partial charge in [0, 0.05) is 20.1 Å². The van der Waals surface area contributed by atoms with E-state index in [2.05, 4.69) is 33.1 Å². The molecule has 1 amide bonds. The summed E-state index contributed by atoms with van der Waals surface area (Å²) in [5.74, 6) is 1.07. The Morgan fingerprint density at radius 1 is 1.00 bits per heavy atom. The van der Waals surface area contributed by atoms with Gasteiger partial charge in [-0.2, -0.15) is 5.10 Å². The van der Waals surface area contributed by atoms with E-state index in [0.29, 0.717) is 22.8 Å². The summed E-state index contributed by atoms with van der Waals surface area (Å²) in [7, 11) is 0. The molecule has 0 atom stereocenters. The van der Waals surface area contributed by atoms with Crippen molar-refractivity contribution in [2.24, 2.45) is 5.10 Å². The number of fused-ring (bicyclic) bond motifs is 2. The molecule has 31 heavy (non-hydrogen) atoms. The van der Waals surface area contributed by atoms with Gasteiger partial charge in [0.25, 0.3) is 5.91 Å². The maximum Gasteiger partial charge on any atom is 0.272 e. The van der Waals surface area contributed by atoms with Gasteiger partial charge in [0.15, 0.2) is 11.5 Å². The van der Waals surface area contributed by atoms with Crippen LogP contribution in [-0.4, -0.2) is 23.9 Å². The first-order valence-electron chi connectivity index (χ1n) is 9.57. The monoisotopic (exact) mass is 521 g/mol. The zero-order valence-corrected chi connectivity index (χ0v) is 18.4. The molecule has 0 unspecified atom stereocenters. The fourth-order valence-corrected chi connectivity index (χ4v) is 3.89. The van der Waals surface area contributed by atoms with Crippen LogP contribution in [0.5, 0.6) is 11.5 Å². The predicted octanol–water partition coefficient (Wildman–Crippen LogP) is 5.00. The van der Waals surface area contributed by atoms with Crippen molar-refractivity contribution in [1.82, 2.24) is 10.4 Å². The number of hydrogen-bond acceptors (Lipinski definition) is 5. The zero-order chi connectivity index (χ0) is 21.2. The van der Waals surface area contributed by atoms with E-state index in [-0.39, 0.29) is 12.7 Å². The van der Waals surface area contributed by atoms with Crippen LogP contribution in [0.4, 0.5) is 0 Å². The van der Waals surface area contributed by atoms with Crippen molar-refractivity contribution in [2.75, 3.05) is 6.79 Å². The Labute approximate surface area is 192 Å². The van der Waals surface area contributed by atoms with Crippen LogP contribution in [0.3, 0.4) is 0 Å². The molecule has 5 rings (SSSR count). The number of nitrogens with zero attached hydrogens (tertiary/aromatic N) is 2. The maximum atomic E-state index is 13.0. The lowest BCUT2D eigenvalue weighted by Crippen LogP contribution is -2.18. The van der Waals surface area contributed by atoms with Crippen LogP contribution in [0.25, 0.3) is 22.2 Å². The van der Waals surface area contributed by atoms with Gasteiger partial charge in [-0.15, -0.1) is 0 Å². The average molecular weight is 521 g/mol. The lowest BCUT2D eigenvalue weighted by molar-refractivity contribution is 0.0956. The van der Waals surface area contributed by atoms with Crippen LogP contribution < -0.4 is 14.9 Å². The molecule has 0 spiro atoms. The van der Waals surface area contributed by atoms with Gasteiger partial charge >= 0.3 is 0 Å². The minimum atomic E-state index is -0.303. The number of pyridine rings is 1. The fraction of sp³-hybridized carbons (Fsp3) is 0.0417. The molecule has 0 saturated carbocycles. The number of rotatable bonds is 4. The van der Waals surface area contributed by atoms with Crippen LogP contribution >= 0.6 is 22.6 Å². The molecule has 7 heteroatoms. The topological polar surface area (TPSA) is 72.8 Å². The molecule has 1 N–H and O–H groups in total. The van der Waals surface area contributed by atoms with Gasteiger partial charge in [0.05, 0.1) is 23.0 Å². The summed E-state index contributed by atoms with van der Waals surface area (Å²) in [6, 6.07) is 22.8. The number of para-hydroxylation sites is 1. The van der Waals surface area contributed by atoms with Crippen molar-refractivity contribution in [3.63, 3.8) is 0 Å². The quantitative estimate of drug-likeness (QED) is 0.233. The van der Waals surface area contributed by atoms with Crippen molar-refractivity contribution in [3.8, 4) is 22.8 Å². The number of hydrogen-bond donors (Lipinski definition) is 1. The lowest BCUT2D eigenvalue weighted by Gasteiger charge is -2.09. The Kier molecular flexibility index (Phi) is 5.25. The second-order valence-electron chi connectivity index (χ2n) is 6.86. The summed E-state index contributed by atoms with van der Waals surface area (Å²) in [6.07, 6.45) is 1.64. The standard InChI is InChI=1S/C24H16IN3O3/c25-19-7-3-1-5-16(19)13-26-28-24(29)18-12-21(27-20-8-4-2-6-17(18)20)15-9-10-22-23(11-15)31-14-30-22/h1-13H,14H2,(H,28,29). The van der Waals surface area contributed by atoms with Crippen molar-refractivity contribution >= 4 is 45.6 Å². The highest BCUT2D eigenvalue weighted by molar-refractivity contribution is 14.1. The minimum absolute atomic E-state index is 0.204. The molecule has 2 heterocycles. The molecule has 1 aliphatic rings. The third-order valence-corrected chi connectivity index (χ3v) is 5.89. The summed E-state index contributed by atoms with van der Waals surface area (Å²) in [6.45, 7) is 0.204. The maximum absolute atomic E-state index is 13.0. The van der Waals surface area contributed by atoms with E-state index in [0.717, 1.165) is 25.6 Å². The highest BCUT2D eigenvalue weighted by Gasteiger charge is 2.17. The molecular weight excluding hydrogens is 505 g/mol. The molecule has 0 bridgehead atoms. The van der Waals surface area contributed by atoms with Gasteiger partial charge in [-0.3, -0.25) is 4.79 Å². The van der Waals surface area contributed by atoms with Crippen LogP contribution in [0.15, 0.2) is 77.9 Å². The first kappa shape index (κ1) is 19.5. The number of halogens is 1. The van der Waals surface area contributed by atoms with Crippen molar-refractivity contribution in [2.45, 2.75) is 0 Å². The lowest BCUT2D eigenvalue weighted by atomic mass is 10.0. The third kappa shape index (κ3) is 3.96. The Morgan fingerprint density at radius 3 is 2.71 bits per heavy atom. The predicted molar refractivity (Wildman–Crippen MR) is 128 cm³/mol. The van der Waals surface area contributed by atoms with E-state index in [9.17, 15) is 4.79 Å². The Hall–Kier alpha value is -3.46. The van der Waals surface area contributed by atoms with Crippen molar-refractivity contribution in [1.29, 1.82) is 0 Å². The molecule has 4 aromatic rings. The number of ether oxygens (including phenoxy) is 2. The van der Waals surface area contributed by atoms with Gasteiger partial charge in [0.1, 0.15) is 0 Å². The third-order valence-electron chi connectivity index (χ3n) is 4.90. The summed E-state index contributed by atoms with van der Waals surface area (Å²) in [4.78, 5) is 17.7. The zero-order valence-electron chi connectivity index (χ0n) is 16.2. The fourth-order valence-electron chi connectivity index (χ4n) is 3.37. The summed E-state index contributed by atoms with van der Waals surface area (Å²) in [5, 5.41) is 4.91. The molecule has 0 aliphatic carbocycles. The first-order valence-corrected chi connectivity index (χ1v) is 10.6. The first-order chi connectivity index (χ1) is 15.2. The van der Waals surface area contributed by atoms with E-state index < -0.39 is 0 Å². The van der Waals surface area contributed by atoms with Crippen molar-refractivity contribution < 1.29 is 14.3 Å². The van der Waals surface area contributed by atoms with Gasteiger partial charge in [-0.25, -0.2) is 10.4 Å². The molecular formula is C24H16IN3O3. The second-order valence-corrected chi connectivity index (χ2v) is 8.02. The number of carbonyl (C=O) groups is 1. The summed E-state index contributed by atoms with van der Waals surface area (Å²) in [5.41, 5.74) is 6.31. The molecule has 0 saturated heterocycles. The smallest absolute Gasteiger partial charge is 0.272 e. The molecule has 3 aromatic carbocycles. The number of nitrogens with one attached hydrogen (secondary N) is 1. The Morgan fingerprint density at radius 2 is 1.81 bits per heavy atom. The Balaban J connectivity index is 1.50. The van der Waals surface area contributed by atoms with E-state index in [1.54, 1.807) is 12.3 Å². The van der Waals surface area contributed by atoms with E-state index in [4.69, 9.17) is 14.5 Å². The highest BCUT2D eigenvalue weighted by atomic mass is 127. The van der Waals surface area contributed by atoms with E-state index in [1.165, 1.54) is 0 Å². The van der Waals surface area contributed by atoms with E-state index >= 15 is 0 Å². The van der Waals surface area contributed by atoms with Crippen molar-refractivity contribution in [3.05, 3.63) is 87.5 Å². The minimum Gasteiger partial charge on any atom is -0.454 e. The molecule has 152 valence electrons. The summed E-state index contributed by atoms with van der Waals surface area (Å²) < 4.78 is 11.9. The number of amides is 1. The Bertz CT molecular complexity index is 1340. The number of hydrazone groups is 1. The molecule has 1 aromatic heterocycles.